The number of hydrogen-bond donors (Lipinski definition) is 2. The first-order valence-electron chi connectivity index (χ1n) is 6.29. The summed E-state index contributed by atoms with van der Waals surface area (Å²) >= 11 is 0. The summed E-state index contributed by atoms with van der Waals surface area (Å²) in [6, 6.07) is 7.87. The molecule has 0 fully saturated rings. The quantitative estimate of drug-likeness (QED) is 0.813. The van der Waals surface area contributed by atoms with Crippen LogP contribution in [0.15, 0.2) is 43.0 Å². The molecule has 0 aliphatic carbocycles. The Kier molecular flexibility index (Phi) is 4.69. The largest absolute Gasteiger partial charge is 0.352 e. The van der Waals surface area contributed by atoms with Crippen LogP contribution < -0.4 is 11.1 Å². The van der Waals surface area contributed by atoms with E-state index >= 15 is 0 Å². The van der Waals surface area contributed by atoms with Crippen molar-refractivity contribution >= 4 is 5.91 Å². The zero-order valence-electron chi connectivity index (χ0n) is 10.7. The molecule has 2 aromatic rings. The summed E-state index contributed by atoms with van der Waals surface area (Å²) in [5, 5.41) is 2.91. The molecule has 100 valence electrons. The molecule has 0 saturated carbocycles. The molecule has 0 unspecified atom stereocenters. The molecule has 0 radical (unpaired) electrons. The fourth-order valence-corrected chi connectivity index (χ4v) is 1.86. The van der Waals surface area contributed by atoms with Gasteiger partial charge in [0.05, 0.1) is 6.33 Å². The molecule has 0 spiro atoms. The number of rotatable bonds is 6. The summed E-state index contributed by atoms with van der Waals surface area (Å²) in [5.74, 6) is 0.0283. The number of nitrogens with zero attached hydrogens (tertiary/aromatic N) is 2. The van der Waals surface area contributed by atoms with Gasteiger partial charge >= 0.3 is 0 Å². The molecule has 3 N–H and O–H groups in total. The molecule has 0 bridgehead atoms. The number of amides is 1. The van der Waals surface area contributed by atoms with Crippen LogP contribution >= 0.6 is 0 Å². The Morgan fingerprint density at radius 3 is 2.79 bits per heavy atom. The Morgan fingerprint density at radius 2 is 2.11 bits per heavy atom. The molecule has 5 nitrogen and oxygen atoms in total. The minimum absolute atomic E-state index is 0.0283. The third kappa shape index (κ3) is 3.93. The van der Waals surface area contributed by atoms with Gasteiger partial charge in [0.1, 0.15) is 0 Å². The maximum atomic E-state index is 11.7. The van der Waals surface area contributed by atoms with Gasteiger partial charge in [0, 0.05) is 38.4 Å². The third-order valence-electron chi connectivity index (χ3n) is 2.97. The second kappa shape index (κ2) is 6.70. The van der Waals surface area contributed by atoms with Crippen LogP contribution in [0.25, 0.3) is 0 Å². The highest BCUT2D eigenvalue weighted by molar-refractivity contribution is 5.75. The van der Waals surface area contributed by atoms with E-state index in [2.05, 4.69) is 10.3 Å². The van der Waals surface area contributed by atoms with Crippen molar-refractivity contribution in [3.05, 3.63) is 54.1 Å². The predicted molar refractivity (Wildman–Crippen MR) is 73.0 cm³/mol. The number of carbonyl (C=O) groups is 1. The average molecular weight is 258 g/mol. The highest BCUT2D eigenvalue weighted by atomic mass is 16.1. The molecule has 1 aromatic heterocycles. The van der Waals surface area contributed by atoms with Crippen molar-refractivity contribution in [2.75, 3.05) is 0 Å². The van der Waals surface area contributed by atoms with Crippen LogP contribution in [0.4, 0.5) is 0 Å². The smallest absolute Gasteiger partial charge is 0.222 e. The van der Waals surface area contributed by atoms with E-state index in [0.29, 0.717) is 26.1 Å². The highest BCUT2D eigenvalue weighted by Crippen LogP contribution is 2.07. The van der Waals surface area contributed by atoms with E-state index < -0.39 is 0 Å². The minimum Gasteiger partial charge on any atom is -0.352 e. The van der Waals surface area contributed by atoms with Crippen LogP contribution in [-0.2, 0) is 24.4 Å². The maximum absolute atomic E-state index is 11.7. The second-order valence-corrected chi connectivity index (χ2v) is 4.30. The molecule has 1 aromatic carbocycles. The van der Waals surface area contributed by atoms with Gasteiger partial charge in [0.2, 0.25) is 5.91 Å². The molecule has 5 heteroatoms. The van der Waals surface area contributed by atoms with Gasteiger partial charge in [0.25, 0.3) is 0 Å². The fourth-order valence-electron chi connectivity index (χ4n) is 1.86. The first-order valence-corrected chi connectivity index (χ1v) is 6.29. The van der Waals surface area contributed by atoms with E-state index in [4.69, 9.17) is 5.73 Å². The average Bonchev–Trinajstić information content (AvgIpc) is 2.96. The number of hydrogen-bond acceptors (Lipinski definition) is 3. The van der Waals surface area contributed by atoms with E-state index in [0.717, 1.165) is 11.1 Å². The number of aryl methyl sites for hydroxylation is 1. The van der Waals surface area contributed by atoms with Crippen LogP contribution in [-0.4, -0.2) is 15.5 Å². The summed E-state index contributed by atoms with van der Waals surface area (Å²) in [6.07, 6.45) is 5.70. The van der Waals surface area contributed by atoms with Crippen molar-refractivity contribution in [3.63, 3.8) is 0 Å². The van der Waals surface area contributed by atoms with Crippen molar-refractivity contribution in [2.24, 2.45) is 5.73 Å². The molecule has 1 heterocycles. The van der Waals surface area contributed by atoms with Crippen LogP contribution in [0.5, 0.6) is 0 Å². The first kappa shape index (κ1) is 13.3. The molecule has 1 amide bonds. The summed E-state index contributed by atoms with van der Waals surface area (Å²) in [5.41, 5.74) is 7.79. The first-order chi connectivity index (χ1) is 9.29. The number of aromatic nitrogens is 2. The predicted octanol–water partition coefficient (Wildman–Crippen LogP) is 1.05. The second-order valence-electron chi connectivity index (χ2n) is 4.30. The van der Waals surface area contributed by atoms with Gasteiger partial charge in [-0.15, -0.1) is 0 Å². The van der Waals surface area contributed by atoms with E-state index in [-0.39, 0.29) is 5.91 Å². The monoisotopic (exact) mass is 258 g/mol. The van der Waals surface area contributed by atoms with E-state index in [1.54, 1.807) is 12.5 Å². The van der Waals surface area contributed by atoms with Gasteiger partial charge in [-0.3, -0.25) is 4.79 Å². The lowest BCUT2D eigenvalue weighted by Gasteiger charge is -2.09. The molecule has 2 rings (SSSR count). The normalized spacial score (nSPS) is 10.4. The van der Waals surface area contributed by atoms with Gasteiger partial charge in [0.15, 0.2) is 0 Å². The van der Waals surface area contributed by atoms with Crippen molar-refractivity contribution in [3.8, 4) is 0 Å². The lowest BCUT2D eigenvalue weighted by molar-refractivity contribution is -0.121. The fraction of sp³-hybridized carbons (Fsp3) is 0.286. The molecule has 0 aliphatic heterocycles. The Labute approximate surface area is 112 Å². The number of imidazole rings is 1. The van der Waals surface area contributed by atoms with Gasteiger partial charge in [-0.05, 0) is 11.1 Å². The molecule has 0 saturated heterocycles. The summed E-state index contributed by atoms with van der Waals surface area (Å²) in [4.78, 5) is 15.7. The molecule has 0 atom stereocenters. The summed E-state index contributed by atoms with van der Waals surface area (Å²) < 4.78 is 1.88. The Bertz CT molecular complexity index is 522. The van der Waals surface area contributed by atoms with Crippen LogP contribution in [0, 0.1) is 0 Å². The van der Waals surface area contributed by atoms with Crippen LogP contribution in [0.1, 0.15) is 17.5 Å². The summed E-state index contributed by atoms with van der Waals surface area (Å²) in [6.45, 7) is 1.65. The maximum Gasteiger partial charge on any atom is 0.222 e. The van der Waals surface area contributed by atoms with Crippen molar-refractivity contribution in [2.45, 2.75) is 26.1 Å². The SMILES string of the molecule is NCc1ccccc1CNC(=O)CCn1ccnc1. The molecular formula is C14H18N4O. The Morgan fingerprint density at radius 1 is 1.32 bits per heavy atom. The number of nitrogens with one attached hydrogen (secondary N) is 1. The third-order valence-corrected chi connectivity index (χ3v) is 2.97. The number of nitrogens with two attached hydrogens (primary N) is 1. The van der Waals surface area contributed by atoms with Crippen molar-refractivity contribution < 1.29 is 4.79 Å². The van der Waals surface area contributed by atoms with Gasteiger partial charge in [-0.2, -0.15) is 0 Å². The Hall–Kier alpha value is -2.14. The topological polar surface area (TPSA) is 72.9 Å². The number of carbonyl (C=O) groups excluding carboxylic acids is 1. The van der Waals surface area contributed by atoms with Gasteiger partial charge in [-0.1, -0.05) is 24.3 Å². The highest BCUT2D eigenvalue weighted by Gasteiger charge is 2.04. The zero-order chi connectivity index (χ0) is 13.5. The minimum atomic E-state index is 0.0283. The van der Waals surface area contributed by atoms with Crippen molar-refractivity contribution in [1.29, 1.82) is 0 Å². The van der Waals surface area contributed by atoms with Crippen LogP contribution in [0.3, 0.4) is 0 Å². The standard InChI is InChI=1S/C14H18N4O/c15-9-12-3-1-2-4-13(12)10-17-14(19)5-7-18-8-6-16-11-18/h1-4,6,8,11H,5,7,9-10,15H2,(H,17,19). The van der Waals surface area contributed by atoms with E-state index in [1.165, 1.54) is 0 Å². The van der Waals surface area contributed by atoms with Crippen LogP contribution in [0.2, 0.25) is 0 Å². The molecule has 0 aliphatic rings. The molecular weight excluding hydrogens is 240 g/mol. The lowest BCUT2D eigenvalue weighted by Crippen LogP contribution is -2.24. The van der Waals surface area contributed by atoms with Crippen molar-refractivity contribution in [1.82, 2.24) is 14.9 Å². The Balaban J connectivity index is 1.80. The zero-order valence-corrected chi connectivity index (χ0v) is 10.7. The molecule has 19 heavy (non-hydrogen) atoms. The summed E-state index contributed by atoms with van der Waals surface area (Å²) in [7, 11) is 0. The lowest BCUT2D eigenvalue weighted by atomic mass is 10.1. The van der Waals surface area contributed by atoms with Gasteiger partial charge < -0.3 is 15.6 Å². The van der Waals surface area contributed by atoms with E-state index in [1.807, 2.05) is 35.0 Å². The van der Waals surface area contributed by atoms with Gasteiger partial charge in [-0.25, -0.2) is 4.98 Å². The van der Waals surface area contributed by atoms with E-state index in [9.17, 15) is 4.79 Å². The number of benzene rings is 1.